The van der Waals surface area contributed by atoms with E-state index in [2.05, 4.69) is 39.4 Å². The average molecular weight is 535 g/mol. The second-order valence-electron chi connectivity index (χ2n) is 8.17. The van der Waals surface area contributed by atoms with Crippen LogP contribution in [0.4, 0.5) is 30.2 Å². The second kappa shape index (κ2) is 9.52. The molecule has 0 saturated heterocycles. The van der Waals surface area contributed by atoms with Gasteiger partial charge in [0.1, 0.15) is 12.5 Å². The fourth-order valence-corrected chi connectivity index (χ4v) is 4.36. The van der Waals surface area contributed by atoms with E-state index in [1.807, 2.05) is 24.0 Å². The number of ether oxygens (including phenoxy) is 2. The van der Waals surface area contributed by atoms with Crippen LogP contribution >= 0.6 is 26.0 Å². The number of carbonyl (C=O) groups is 1. The molecule has 1 amide bonds. The zero-order valence-electron chi connectivity index (χ0n) is 18.3. The van der Waals surface area contributed by atoms with Gasteiger partial charge in [0.25, 0.3) is 5.91 Å². The first-order chi connectivity index (χ1) is 14.9. The van der Waals surface area contributed by atoms with E-state index in [-0.39, 0.29) is 12.6 Å². The highest BCUT2D eigenvalue weighted by molar-refractivity contribution is 9.10. The number of nitrogens with zero attached hydrogens (tertiary/aromatic N) is 2. The maximum absolute atomic E-state index is 13.5. The van der Waals surface area contributed by atoms with Gasteiger partial charge in [0.2, 0.25) is 0 Å². The Morgan fingerprint density at radius 1 is 1.00 bits per heavy atom. The number of halogens is 4. The molecule has 2 aromatic rings. The van der Waals surface area contributed by atoms with E-state index in [4.69, 9.17) is 4.74 Å². The molecule has 0 radical (unpaired) electrons. The van der Waals surface area contributed by atoms with Crippen molar-refractivity contribution in [1.82, 2.24) is 0 Å². The molecule has 3 rings (SSSR count). The normalized spacial score (nSPS) is 14.7. The molecule has 176 valence electrons. The molecule has 10 heteroatoms. The van der Waals surface area contributed by atoms with E-state index < -0.39 is 22.1 Å². The third kappa shape index (κ3) is 5.90. The van der Waals surface area contributed by atoms with E-state index in [0.29, 0.717) is 35.8 Å². The summed E-state index contributed by atoms with van der Waals surface area (Å²) in [6.07, 6.45) is 1.65. The molecule has 0 N–H and O–H groups in total. The number of amides is 1. The predicted octanol–water partition coefficient (Wildman–Crippen LogP) is 6.13. The molecular formula is C22H26BrF3N2O3S. The summed E-state index contributed by atoms with van der Waals surface area (Å²) in [4.78, 5) is 16.8. The summed E-state index contributed by atoms with van der Waals surface area (Å²) in [6, 6.07) is 9.39. The number of fused-ring (bicyclic) bond motifs is 2. The molecule has 5 nitrogen and oxygen atoms in total. The van der Waals surface area contributed by atoms with E-state index in [9.17, 15) is 18.0 Å². The van der Waals surface area contributed by atoms with Crippen LogP contribution in [0.2, 0.25) is 0 Å². The van der Waals surface area contributed by atoms with Crippen molar-refractivity contribution in [3.63, 3.8) is 0 Å². The highest BCUT2D eigenvalue weighted by Gasteiger charge is 2.34. The standard InChI is InChI=1S/C22H26BrF3N2O3S/c1-5-27-18-8-6-15(23)12-17(18)21(29)28(14-30-10-11-32(2,3)4)20-13-16(7-9-19(20)27)31-22(24,25)26/h6-9,12-13H,5,10-11,14H2,1-4H3. The van der Waals surface area contributed by atoms with Crippen LogP contribution in [0.5, 0.6) is 5.75 Å². The molecule has 2 aromatic carbocycles. The highest BCUT2D eigenvalue weighted by Crippen LogP contribution is 2.43. The summed E-state index contributed by atoms with van der Waals surface area (Å²) in [7, 11) is -0.790. The summed E-state index contributed by atoms with van der Waals surface area (Å²) >= 11 is 3.41. The van der Waals surface area contributed by atoms with Gasteiger partial charge in [0, 0.05) is 22.8 Å². The number of hydrogen-bond acceptors (Lipinski definition) is 4. The Balaban J connectivity index is 2.06. The van der Waals surface area contributed by atoms with Crippen LogP contribution in [-0.4, -0.2) is 56.7 Å². The number of carbonyl (C=O) groups excluding carboxylic acids is 1. The monoisotopic (exact) mass is 534 g/mol. The van der Waals surface area contributed by atoms with E-state index in [0.717, 1.165) is 10.2 Å². The quantitative estimate of drug-likeness (QED) is 0.400. The molecule has 0 unspecified atom stereocenters. The number of benzene rings is 2. The molecule has 0 bridgehead atoms. The van der Waals surface area contributed by atoms with Gasteiger partial charge in [-0.15, -0.1) is 13.2 Å². The molecule has 32 heavy (non-hydrogen) atoms. The average Bonchev–Trinajstić information content (AvgIpc) is 2.76. The molecule has 0 saturated carbocycles. The third-order valence-corrected chi connectivity index (χ3v) is 6.75. The van der Waals surface area contributed by atoms with Crippen molar-refractivity contribution in [2.75, 3.05) is 54.2 Å². The van der Waals surface area contributed by atoms with Crippen molar-refractivity contribution in [3.8, 4) is 5.75 Å². The van der Waals surface area contributed by atoms with Gasteiger partial charge in [-0.1, -0.05) is 15.9 Å². The minimum absolute atomic E-state index is 0.0830. The number of anilines is 3. The summed E-state index contributed by atoms with van der Waals surface area (Å²) in [6.45, 7) is 2.79. The number of alkyl halides is 3. The summed E-state index contributed by atoms with van der Waals surface area (Å²) in [5.41, 5.74) is 2.00. The minimum atomic E-state index is -4.84. The summed E-state index contributed by atoms with van der Waals surface area (Å²) < 4.78 is 49.2. The van der Waals surface area contributed by atoms with Crippen LogP contribution in [0.1, 0.15) is 17.3 Å². The van der Waals surface area contributed by atoms with Crippen molar-refractivity contribution in [1.29, 1.82) is 0 Å². The molecule has 0 aliphatic carbocycles. The molecule has 0 aromatic heterocycles. The molecule has 0 fully saturated rings. The van der Waals surface area contributed by atoms with Gasteiger partial charge in [-0.2, -0.15) is 0 Å². The van der Waals surface area contributed by atoms with E-state index in [1.165, 1.54) is 23.1 Å². The molecular weight excluding hydrogens is 509 g/mol. The first-order valence-corrected chi connectivity index (χ1v) is 13.7. The van der Waals surface area contributed by atoms with Crippen LogP contribution in [0, 0.1) is 0 Å². The van der Waals surface area contributed by atoms with Crippen molar-refractivity contribution in [2.24, 2.45) is 0 Å². The fraction of sp³-hybridized carbons (Fsp3) is 0.409. The van der Waals surface area contributed by atoms with Crippen LogP contribution in [-0.2, 0) is 4.74 Å². The first-order valence-electron chi connectivity index (χ1n) is 9.92. The highest BCUT2D eigenvalue weighted by atomic mass is 79.9. The van der Waals surface area contributed by atoms with Crippen LogP contribution in [0.15, 0.2) is 40.9 Å². The van der Waals surface area contributed by atoms with Crippen molar-refractivity contribution in [3.05, 3.63) is 46.4 Å². The number of hydrogen-bond donors (Lipinski definition) is 0. The molecule has 1 aliphatic heterocycles. The van der Waals surface area contributed by atoms with Gasteiger partial charge in [0.15, 0.2) is 0 Å². The Morgan fingerprint density at radius 2 is 1.69 bits per heavy atom. The zero-order chi connectivity index (χ0) is 23.7. The Bertz CT molecular complexity index is 995. The lowest BCUT2D eigenvalue weighted by Gasteiger charge is -2.28. The lowest BCUT2D eigenvalue weighted by atomic mass is 10.1. The van der Waals surface area contributed by atoms with Gasteiger partial charge in [-0.25, -0.2) is 10.0 Å². The lowest BCUT2D eigenvalue weighted by Crippen LogP contribution is -2.33. The largest absolute Gasteiger partial charge is 0.573 e. The fourth-order valence-electron chi connectivity index (χ4n) is 3.38. The van der Waals surface area contributed by atoms with Crippen molar-refractivity contribution in [2.45, 2.75) is 13.3 Å². The van der Waals surface area contributed by atoms with Crippen molar-refractivity contribution < 1.29 is 27.4 Å². The van der Waals surface area contributed by atoms with Crippen LogP contribution in [0.25, 0.3) is 0 Å². The molecule has 0 atom stereocenters. The molecule has 1 heterocycles. The van der Waals surface area contributed by atoms with Crippen LogP contribution < -0.4 is 14.5 Å². The maximum atomic E-state index is 13.5. The zero-order valence-corrected chi connectivity index (χ0v) is 20.7. The molecule has 1 aliphatic rings. The SMILES string of the molecule is CCN1c2ccc(Br)cc2C(=O)N(COCCS(C)(C)C)c2cc(OC(F)(F)F)ccc21. The van der Waals surface area contributed by atoms with Gasteiger partial charge in [0.05, 0.1) is 29.2 Å². The third-order valence-electron chi connectivity index (χ3n) is 4.86. The van der Waals surface area contributed by atoms with Gasteiger partial charge in [-0.05, 0) is 56.0 Å². The Hall–Kier alpha value is -1.91. The topological polar surface area (TPSA) is 42.0 Å². The summed E-state index contributed by atoms with van der Waals surface area (Å²) in [5.74, 6) is 0.102. The van der Waals surface area contributed by atoms with Crippen molar-refractivity contribution >= 4 is 48.9 Å². The smallest absolute Gasteiger partial charge is 0.406 e. The first kappa shape index (κ1) is 24.7. The Labute approximate surface area is 195 Å². The number of rotatable bonds is 7. The van der Waals surface area contributed by atoms with Gasteiger partial charge in [-0.3, -0.25) is 9.69 Å². The van der Waals surface area contributed by atoms with E-state index in [1.54, 1.807) is 6.07 Å². The second-order valence-corrected chi connectivity index (χ2v) is 13.7. The Morgan fingerprint density at radius 3 is 2.31 bits per heavy atom. The van der Waals surface area contributed by atoms with Gasteiger partial charge >= 0.3 is 6.36 Å². The predicted molar refractivity (Wildman–Crippen MR) is 128 cm³/mol. The minimum Gasteiger partial charge on any atom is -0.406 e. The Kier molecular flexibility index (Phi) is 7.36. The van der Waals surface area contributed by atoms with E-state index >= 15 is 0 Å². The maximum Gasteiger partial charge on any atom is 0.573 e. The van der Waals surface area contributed by atoms with Crippen LogP contribution in [0.3, 0.4) is 0 Å². The lowest BCUT2D eigenvalue weighted by molar-refractivity contribution is -0.274. The summed E-state index contributed by atoms with van der Waals surface area (Å²) in [5, 5.41) is 0. The van der Waals surface area contributed by atoms with Gasteiger partial charge < -0.3 is 14.4 Å². The molecule has 0 spiro atoms.